The SMILES string of the molecule is COC(=O)CC1C(=O)NCCN1c1ccccc1. The minimum absolute atomic E-state index is 0.0667. The van der Waals surface area contributed by atoms with Crippen LogP contribution in [0.2, 0.25) is 0 Å². The highest BCUT2D eigenvalue weighted by molar-refractivity contribution is 5.90. The van der Waals surface area contributed by atoms with Crippen LogP contribution in [-0.4, -0.2) is 38.1 Å². The predicted molar refractivity (Wildman–Crippen MR) is 67.2 cm³/mol. The molecule has 1 fully saturated rings. The third-order valence-electron chi connectivity index (χ3n) is 3.01. The van der Waals surface area contributed by atoms with Gasteiger partial charge in [0, 0.05) is 18.8 Å². The van der Waals surface area contributed by atoms with Gasteiger partial charge in [-0.1, -0.05) is 18.2 Å². The summed E-state index contributed by atoms with van der Waals surface area (Å²) in [5.41, 5.74) is 0.946. The highest BCUT2D eigenvalue weighted by Crippen LogP contribution is 2.20. The Kier molecular flexibility index (Phi) is 3.82. The molecule has 1 aromatic carbocycles. The van der Waals surface area contributed by atoms with Crippen molar-refractivity contribution in [2.24, 2.45) is 0 Å². The molecule has 1 N–H and O–H groups in total. The zero-order valence-corrected chi connectivity index (χ0v) is 10.3. The molecule has 1 aromatic rings. The Morgan fingerprint density at radius 3 is 2.83 bits per heavy atom. The second-order valence-corrected chi connectivity index (χ2v) is 4.12. The number of methoxy groups -OCH3 is 1. The predicted octanol–water partition coefficient (Wildman–Crippen LogP) is 0.554. The minimum Gasteiger partial charge on any atom is -0.469 e. The van der Waals surface area contributed by atoms with Crippen LogP contribution in [0.5, 0.6) is 0 Å². The van der Waals surface area contributed by atoms with Crippen LogP contribution in [0, 0.1) is 0 Å². The number of hydrogen-bond donors (Lipinski definition) is 1. The van der Waals surface area contributed by atoms with Crippen molar-refractivity contribution in [3.8, 4) is 0 Å². The first-order valence-corrected chi connectivity index (χ1v) is 5.88. The molecule has 5 heteroatoms. The fourth-order valence-electron chi connectivity index (χ4n) is 2.09. The number of ether oxygens (including phenoxy) is 1. The fraction of sp³-hybridized carbons (Fsp3) is 0.385. The van der Waals surface area contributed by atoms with Crippen LogP contribution in [0.4, 0.5) is 5.69 Å². The first kappa shape index (κ1) is 12.4. The number of para-hydroxylation sites is 1. The van der Waals surface area contributed by atoms with E-state index in [0.717, 1.165) is 5.69 Å². The van der Waals surface area contributed by atoms with Gasteiger partial charge in [0.2, 0.25) is 5.91 Å². The molecule has 5 nitrogen and oxygen atoms in total. The van der Waals surface area contributed by atoms with Crippen LogP contribution in [0.25, 0.3) is 0 Å². The van der Waals surface area contributed by atoms with Crippen molar-refractivity contribution in [3.63, 3.8) is 0 Å². The lowest BCUT2D eigenvalue weighted by Gasteiger charge is -2.36. The molecule has 1 aliphatic rings. The van der Waals surface area contributed by atoms with Gasteiger partial charge in [-0.25, -0.2) is 0 Å². The Balaban J connectivity index is 2.20. The molecule has 96 valence electrons. The van der Waals surface area contributed by atoms with E-state index < -0.39 is 6.04 Å². The molecule has 1 saturated heterocycles. The molecule has 0 spiro atoms. The van der Waals surface area contributed by atoms with Crippen molar-refractivity contribution in [2.45, 2.75) is 12.5 Å². The molecular formula is C13H16N2O3. The summed E-state index contributed by atoms with van der Waals surface area (Å²) in [5, 5.41) is 2.77. The molecule has 1 atom stereocenters. The molecule has 0 radical (unpaired) electrons. The summed E-state index contributed by atoms with van der Waals surface area (Å²) in [6.45, 7) is 1.28. The highest BCUT2D eigenvalue weighted by Gasteiger charge is 2.31. The molecular weight excluding hydrogens is 232 g/mol. The monoisotopic (exact) mass is 248 g/mol. The number of rotatable bonds is 3. The number of carbonyl (C=O) groups excluding carboxylic acids is 2. The number of carbonyl (C=O) groups is 2. The fourth-order valence-corrected chi connectivity index (χ4v) is 2.09. The van der Waals surface area contributed by atoms with Gasteiger partial charge >= 0.3 is 5.97 Å². The zero-order chi connectivity index (χ0) is 13.0. The van der Waals surface area contributed by atoms with E-state index >= 15 is 0 Å². The van der Waals surface area contributed by atoms with Gasteiger partial charge in [-0.05, 0) is 12.1 Å². The summed E-state index contributed by atoms with van der Waals surface area (Å²) in [6.07, 6.45) is 0.0667. The van der Waals surface area contributed by atoms with E-state index in [0.29, 0.717) is 13.1 Å². The van der Waals surface area contributed by atoms with Gasteiger partial charge in [0.1, 0.15) is 6.04 Å². The van der Waals surface area contributed by atoms with Crippen molar-refractivity contribution < 1.29 is 14.3 Å². The maximum atomic E-state index is 11.9. The number of hydrogen-bond acceptors (Lipinski definition) is 4. The van der Waals surface area contributed by atoms with E-state index in [1.165, 1.54) is 7.11 Å². The molecule has 1 amide bonds. The van der Waals surface area contributed by atoms with Crippen molar-refractivity contribution in [3.05, 3.63) is 30.3 Å². The summed E-state index contributed by atoms with van der Waals surface area (Å²) in [6, 6.07) is 9.12. The maximum absolute atomic E-state index is 11.9. The standard InChI is InChI=1S/C13H16N2O3/c1-18-12(16)9-11-13(17)14-7-8-15(11)10-5-3-2-4-6-10/h2-6,11H,7-9H2,1H3,(H,14,17). The third kappa shape index (κ3) is 2.61. The topological polar surface area (TPSA) is 58.6 Å². The number of nitrogens with zero attached hydrogens (tertiary/aromatic N) is 1. The molecule has 0 bridgehead atoms. The van der Waals surface area contributed by atoms with Gasteiger partial charge < -0.3 is 15.0 Å². The van der Waals surface area contributed by atoms with Crippen molar-refractivity contribution in [1.82, 2.24) is 5.32 Å². The largest absolute Gasteiger partial charge is 0.469 e. The normalized spacial score (nSPS) is 19.3. The lowest BCUT2D eigenvalue weighted by Crippen LogP contribution is -2.56. The van der Waals surface area contributed by atoms with Crippen LogP contribution >= 0.6 is 0 Å². The molecule has 0 saturated carbocycles. The van der Waals surface area contributed by atoms with Gasteiger partial charge in [-0.3, -0.25) is 9.59 Å². The van der Waals surface area contributed by atoms with Crippen molar-refractivity contribution in [2.75, 3.05) is 25.1 Å². The lowest BCUT2D eigenvalue weighted by atomic mass is 10.1. The van der Waals surface area contributed by atoms with E-state index in [1.807, 2.05) is 35.2 Å². The number of esters is 1. The average Bonchev–Trinajstić information content (AvgIpc) is 2.42. The van der Waals surface area contributed by atoms with E-state index in [1.54, 1.807) is 0 Å². The first-order valence-electron chi connectivity index (χ1n) is 5.88. The molecule has 1 aliphatic heterocycles. The van der Waals surface area contributed by atoms with Gasteiger partial charge in [0.05, 0.1) is 13.5 Å². The number of amides is 1. The lowest BCUT2D eigenvalue weighted by molar-refractivity contribution is -0.143. The Hall–Kier alpha value is -2.04. The summed E-state index contributed by atoms with van der Waals surface area (Å²) in [7, 11) is 1.33. The Morgan fingerprint density at radius 2 is 2.17 bits per heavy atom. The van der Waals surface area contributed by atoms with Crippen LogP contribution < -0.4 is 10.2 Å². The maximum Gasteiger partial charge on any atom is 0.308 e. The van der Waals surface area contributed by atoms with Crippen LogP contribution in [-0.2, 0) is 14.3 Å². The van der Waals surface area contributed by atoms with E-state index in [-0.39, 0.29) is 18.3 Å². The Bertz CT molecular complexity index is 433. The van der Waals surface area contributed by atoms with E-state index in [2.05, 4.69) is 10.1 Å². The Labute approximate surface area is 106 Å². The van der Waals surface area contributed by atoms with Crippen LogP contribution in [0.1, 0.15) is 6.42 Å². The minimum atomic E-state index is -0.492. The molecule has 18 heavy (non-hydrogen) atoms. The van der Waals surface area contributed by atoms with Gasteiger partial charge in [-0.2, -0.15) is 0 Å². The van der Waals surface area contributed by atoms with Crippen molar-refractivity contribution in [1.29, 1.82) is 0 Å². The summed E-state index contributed by atoms with van der Waals surface area (Å²) >= 11 is 0. The molecule has 1 unspecified atom stereocenters. The van der Waals surface area contributed by atoms with Gasteiger partial charge in [0.25, 0.3) is 0 Å². The molecule has 1 heterocycles. The second-order valence-electron chi connectivity index (χ2n) is 4.12. The number of anilines is 1. The van der Waals surface area contributed by atoms with Crippen LogP contribution in [0.3, 0.4) is 0 Å². The van der Waals surface area contributed by atoms with Gasteiger partial charge in [0.15, 0.2) is 0 Å². The first-order chi connectivity index (χ1) is 8.72. The van der Waals surface area contributed by atoms with Crippen molar-refractivity contribution >= 4 is 17.6 Å². The number of benzene rings is 1. The second kappa shape index (κ2) is 5.53. The smallest absolute Gasteiger partial charge is 0.308 e. The number of piperazine rings is 1. The summed E-state index contributed by atoms with van der Waals surface area (Å²) < 4.78 is 4.64. The highest BCUT2D eigenvalue weighted by atomic mass is 16.5. The number of nitrogens with one attached hydrogen (secondary N) is 1. The molecule has 0 aliphatic carbocycles. The summed E-state index contributed by atoms with van der Waals surface area (Å²) in [5.74, 6) is -0.506. The molecule has 2 rings (SSSR count). The third-order valence-corrected chi connectivity index (χ3v) is 3.01. The average molecular weight is 248 g/mol. The molecule has 0 aromatic heterocycles. The quantitative estimate of drug-likeness (QED) is 0.794. The zero-order valence-electron chi connectivity index (χ0n) is 10.3. The van der Waals surface area contributed by atoms with Crippen LogP contribution in [0.15, 0.2) is 30.3 Å². The van der Waals surface area contributed by atoms with Gasteiger partial charge in [-0.15, -0.1) is 0 Å². The summed E-state index contributed by atoms with van der Waals surface area (Å²) in [4.78, 5) is 25.2. The van der Waals surface area contributed by atoms with E-state index in [9.17, 15) is 9.59 Å². The van der Waals surface area contributed by atoms with E-state index in [4.69, 9.17) is 0 Å². The Morgan fingerprint density at radius 1 is 1.44 bits per heavy atom.